The smallest absolute Gasteiger partial charge is 0.387 e. The molecule has 0 aliphatic rings. The minimum Gasteiger partial charge on any atom is -0.439 e. The zero-order chi connectivity index (χ0) is 14.5. The number of aromatic nitrogens is 1. The molecule has 1 aromatic heterocycles. The molecule has 1 aromatic carbocycles. The maximum atomic E-state index is 13.6. The molecule has 0 atom stereocenters. The summed E-state index contributed by atoms with van der Waals surface area (Å²) in [7, 11) is 0. The second-order valence-electron chi connectivity index (χ2n) is 3.54. The molecule has 0 saturated carbocycles. The Morgan fingerprint density at radius 2 is 2.05 bits per heavy atom. The van der Waals surface area contributed by atoms with Crippen molar-refractivity contribution in [1.82, 2.24) is 4.98 Å². The normalized spacial score (nSPS) is 10.2. The molecule has 0 aliphatic heterocycles. The van der Waals surface area contributed by atoms with Crippen LogP contribution in [-0.2, 0) is 0 Å². The fourth-order valence-corrected chi connectivity index (χ4v) is 1.44. The highest BCUT2D eigenvalue weighted by atomic mass is 19.3. The quantitative estimate of drug-likeness (QED) is 0.860. The van der Waals surface area contributed by atoms with Gasteiger partial charge in [-0.25, -0.2) is 9.37 Å². The summed E-state index contributed by atoms with van der Waals surface area (Å²) in [5.74, 6) is -1.56. The number of hydrogen-bond acceptors (Lipinski definition) is 4. The Hall–Kier alpha value is -2.75. The summed E-state index contributed by atoms with van der Waals surface area (Å²) in [6, 6.07) is 8.14. The van der Waals surface area contributed by atoms with Gasteiger partial charge in [0, 0.05) is 24.4 Å². The van der Waals surface area contributed by atoms with Gasteiger partial charge in [0.15, 0.2) is 5.75 Å². The molecule has 20 heavy (non-hydrogen) atoms. The minimum absolute atomic E-state index is 0.101. The lowest BCUT2D eigenvalue weighted by atomic mass is 10.2. The van der Waals surface area contributed by atoms with E-state index in [9.17, 15) is 13.2 Å². The molecule has 2 rings (SSSR count). The highest BCUT2D eigenvalue weighted by Crippen LogP contribution is 2.30. The molecular weight excluding hydrogens is 273 g/mol. The van der Waals surface area contributed by atoms with E-state index in [-0.39, 0.29) is 11.6 Å². The molecular formula is C13H7F3N2O2. The second kappa shape index (κ2) is 5.93. The third-order valence-corrected chi connectivity index (χ3v) is 2.22. The van der Waals surface area contributed by atoms with Crippen molar-refractivity contribution < 1.29 is 22.6 Å². The number of ether oxygens (including phenoxy) is 2. The number of nitrogens with zero attached hydrogens (tertiary/aromatic N) is 2. The van der Waals surface area contributed by atoms with Crippen molar-refractivity contribution >= 4 is 0 Å². The summed E-state index contributed by atoms with van der Waals surface area (Å²) in [5.41, 5.74) is -0.612. The van der Waals surface area contributed by atoms with Gasteiger partial charge in [-0.05, 0) is 6.07 Å². The van der Waals surface area contributed by atoms with Gasteiger partial charge in [0.25, 0.3) is 0 Å². The van der Waals surface area contributed by atoms with Gasteiger partial charge in [0.05, 0.1) is 0 Å². The first kappa shape index (κ1) is 13.7. The second-order valence-corrected chi connectivity index (χ2v) is 3.54. The van der Waals surface area contributed by atoms with E-state index in [1.165, 1.54) is 18.3 Å². The van der Waals surface area contributed by atoms with Crippen LogP contribution >= 0.6 is 0 Å². The number of pyridine rings is 1. The van der Waals surface area contributed by atoms with Gasteiger partial charge in [-0.1, -0.05) is 6.07 Å². The SMILES string of the molecule is N#Cc1c(F)cc(Oc2ccccn2)cc1OC(F)F. The van der Waals surface area contributed by atoms with E-state index < -0.39 is 23.7 Å². The molecule has 0 amide bonds. The topological polar surface area (TPSA) is 55.1 Å². The van der Waals surface area contributed by atoms with Crippen LogP contribution in [0.2, 0.25) is 0 Å². The molecule has 102 valence electrons. The Labute approximate surface area is 112 Å². The molecule has 0 aliphatic carbocycles. The standard InChI is InChI=1S/C13H7F3N2O2/c14-10-5-8(19-12-3-1-2-4-18-12)6-11(9(10)7-17)20-13(15)16/h1-6,13H. The summed E-state index contributed by atoms with van der Waals surface area (Å²) in [6.45, 7) is -3.17. The van der Waals surface area contributed by atoms with Crippen LogP contribution in [0.5, 0.6) is 17.4 Å². The Bertz CT molecular complexity index is 642. The summed E-state index contributed by atoms with van der Waals surface area (Å²) < 4.78 is 47.4. The van der Waals surface area contributed by atoms with Gasteiger partial charge in [0.2, 0.25) is 5.88 Å². The molecule has 0 unspecified atom stereocenters. The highest BCUT2D eigenvalue weighted by molar-refractivity contribution is 5.49. The lowest BCUT2D eigenvalue weighted by Crippen LogP contribution is -2.05. The van der Waals surface area contributed by atoms with E-state index in [1.807, 2.05) is 0 Å². The predicted molar refractivity (Wildman–Crippen MR) is 62.1 cm³/mol. The number of hydrogen-bond donors (Lipinski definition) is 0. The van der Waals surface area contributed by atoms with Crippen molar-refractivity contribution in [3.63, 3.8) is 0 Å². The van der Waals surface area contributed by atoms with Crippen LogP contribution < -0.4 is 9.47 Å². The maximum absolute atomic E-state index is 13.6. The number of rotatable bonds is 4. The number of alkyl halides is 2. The maximum Gasteiger partial charge on any atom is 0.387 e. The Morgan fingerprint density at radius 1 is 1.25 bits per heavy atom. The van der Waals surface area contributed by atoms with Gasteiger partial charge in [-0.2, -0.15) is 14.0 Å². The minimum atomic E-state index is -3.17. The summed E-state index contributed by atoms with van der Waals surface area (Å²) in [4.78, 5) is 3.84. The number of nitriles is 1. The van der Waals surface area contributed by atoms with E-state index in [2.05, 4.69) is 9.72 Å². The zero-order valence-corrected chi connectivity index (χ0v) is 9.89. The summed E-state index contributed by atoms with van der Waals surface area (Å²) in [6.07, 6.45) is 1.45. The third kappa shape index (κ3) is 3.17. The van der Waals surface area contributed by atoms with Gasteiger partial charge in [0.1, 0.15) is 23.2 Å². The van der Waals surface area contributed by atoms with E-state index in [4.69, 9.17) is 10.00 Å². The third-order valence-electron chi connectivity index (χ3n) is 2.22. The zero-order valence-electron chi connectivity index (χ0n) is 9.89. The van der Waals surface area contributed by atoms with Crippen LogP contribution in [0.3, 0.4) is 0 Å². The molecule has 4 nitrogen and oxygen atoms in total. The summed E-state index contributed by atoms with van der Waals surface area (Å²) in [5, 5.41) is 8.72. The van der Waals surface area contributed by atoms with Crippen molar-refractivity contribution in [2.75, 3.05) is 0 Å². The fraction of sp³-hybridized carbons (Fsp3) is 0.0769. The van der Waals surface area contributed by atoms with Crippen LogP contribution in [0.25, 0.3) is 0 Å². The first-order valence-electron chi connectivity index (χ1n) is 5.37. The number of benzene rings is 1. The van der Waals surface area contributed by atoms with Crippen molar-refractivity contribution in [2.24, 2.45) is 0 Å². The number of halogens is 3. The first-order chi connectivity index (χ1) is 9.60. The Balaban J connectivity index is 2.36. The predicted octanol–water partition coefficient (Wildman–Crippen LogP) is 3.49. The van der Waals surface area contributed by atoms with Gasteiger partial charge in [-0.15, -0.1) is 0 Å². The van der Waals surface area contributed by atoms with Crippen molar-refractivity contribution in [3.05, 3.63) is 47.9 Å². The van der Waals surface area contributed by atoms with Crippen LogP contribution in [-0.4, -0.2) is 11.6 Å². The lowest BCUT2D eigenvalue weighted by molar-refractivity contribution is -0.0502. The van der Waals surface area contributed by atoms with E-state index in [0.29, 0.717) is 0 Å². The fourth-order valence-electron chi connectivity index (χ4n) is 1.44. The van der Waals surface area contributed by atoms with E-state index >= 15 is 0 Å². The highest BCUT2D eigenvalue weighted by Gasteiger charge is 2.16. The lowest BCUT2D eigenvalue weighted by Gasteiger charge is -2.10. The first-order valence-corrected chi connectivity index (χ1v) is 5.37. The molecule has 0 bridgehead atoms. The molecule has 0 spiro atoms. The average molecular weight is 280 g/mol. The van der Waals surface area contributed by atoms with Crippen molar-refractivity contribution in [3.8, 4) is 23.4 Å². The molecule has 0 saturated heterocycles. The van der Waals surface area contributed by atoms with E-state index in [1.54, 1.807) is 12.1 Å². The molecule has 0 fully saturated rings. The molecule has 2 aromatic rings. The Morgan fingerprint density at radius 3 is 2.65 bits per heavy atom. The van der Waals surface area contributed by atoms with Gasteiger partial charge < -0.3 is 9.47 Å². The molecule has 1 heterocycles. The van der Waals surface area contributed by atoms with Crippen molar-refractivity contribution in [1.29, 1.82) is 5.26 Å². The molecule has 0 N–H and O–H groups in total. The van der Waals surface area contributed by atoms with Gasteiger partial charge >= 0.3 is 6.61 Å². The largest absolute Gasteiger partial charge is 0.439 e. The van der Waals surface area contributed by atoms with Crippen LogP contribution in [0, 0.1) is 17.1 Å². The van der Waals surface area contributed by atoms with Crippen LogP contribution in [0.15, 0.2) is 36.5 Å². The monoisotopic (exact) mass is 280 g/mol. The summed E-state index contributed by atoms with van der Waals surface area (Å²) >= 11 is 0. The van der Waals surface area contributed by atoms with Crippen LogP contribution in [0.1, 0.15) is 5.56 Å². The van der Waals surface area contributed by atoms with Gasteiger partial charge in [-0.3, -0.25) is 0 Å². The molecule has 7 heteroatoms. The molecule has 0 radical (unpaired) electrons. The Kier molecular flexibility index (Phi) is 4.05. The average Bonchev–Trinajstić information content (AvgIpc) is 2.39. The van der Waals surface area contributed by atoms with E-state index in [0.717, 1.165) is 12.1 Å². The van der Waals surface area contributed by atoms with Crippen LogP contribution in [0.4, 0.5) is 13.2 Å². The van der Waals surface area contributed by atoms with Crippen molar-refractivity contribution in [2.45, 2.75) is 6.61 Å².